The maximum atomic E-state index is 12.0. The van der Waals surface area contributed by atoms with E-state index in [9.17, 15) is 14.9 Å². The maximum absolute atomic E-state index is 12.0. The molecule has 1 aliphatic heterocycles. The normalized spacial score (nSPS) is 20.2. The van der Waals surface area contributed by atoms with Crippen molar-refractivity contribution in [2.24, 2.45) is 10.7 Å². The highest BCUT2D eigenvalue weighted by molar-refractivity contribution is 5.75. The van der Waals surface area contributed by atoms with Gasteiger partial charge in [-0.05, 0) is 20.8 Å². The number of rotatable bonds is 4. The molecule has 1 atom stereocenters. The summed E-state index contributed by atoms with van der Waals surface area (Å²) in [5.41, 5.74) is 4.27. The van der Waals surface area contributed by atoms with E-state index in [2.05, 4.69) is 4.99 Å². The van der Waals surface area contributed by atoms with Crippen LogP contribution in [0, 0.1) is 10.1 Å². The van der Waals surface area contributed by atoms with Crippen LogP contribution in [0.15, 0.2) is 16.9 Å². The van der Waals surface area contributed by atoms with Gasteiger partial charge in [-0.2, -0.15) is 0 Å². The van der Waals surface area contributed by atoms with E-state index in [1.165, 1.54) is 0 Å². The third-order valence-electron chi connectivity index (χ3n) is 2.70. The van der Waals surface area contributed by atoms with Crippen LogP contribution in [-0.4, -0.2) is 60.1 Å². The number of allylic oxidation sites excluding steroid dienone is 1. The molecule has 0 aromatic carbocycles. The number of nitrogens with zero attached hydrogens (tertiary/aromatic N) is 3. The number of carbonyl (C=O) groups excluding carboxylic acids is 1. The molecule has 0 aromatic heterocycles. The number of nitrogens with two attached hydrogens (primary N) is 1. The van der Waals surface area contributed by atoms with Crippen LogP contribution in [0.3, 0.4) is 0 Å². The van der Waals surface area contributed by atoms with Crippen LogP contribution in [-0.2, 0) is 9.47 Å². The zero-order valence-electron chi connectivity index (χ0n) is 13.0. The summed E-state index contributed by atoms with van der Waals surface area (Å²) in [5, 5.41) is 10.6. The molecule has 2 N–H and O–H groups in total. The van der Waals surface area contributed by atoms with Crippen molar-refractivity contribution < 1.29 is 19.2 Å². The maximum Gasteiger partial charge on any atom is 0.410 e. The fourth-order valence-corrected chi connectivity index (χ4v) is 1.74. The topological polar surface area (TPSA) is 120 Å². The summed E-state index contributed by atoms with van der Waals surface area (Å²) in [4.78, 5) is 27.4. The van der Waals surface area contributed by atoms with Gasteiger partial charge in [-0.1, -0.05) is 0 Å². The summed E-state index contributed by atoms with van der Waals surface area (Å²) in [7, 11) is 0. The van der Waals surface area contributed by atoms with E-state index < -0.39 is 16.6 Å². The Labute approximate surface area is 128 Å². The van der Waals surface area contributed by atoms with Crippen LogP contribution in [0.4, 0.5) is 4.79 Å². The van der Waals surface area contributed by atoms with Crippen molar-refractivity contribution in [2.75, 3.05) is 26.2 Å². The second-order valence-electron chi connectivity index (χ2n) is 5.76. The van der Waals surface area contributed by atoms with E-state index in [-0.39, 0.29) is 18.3 Å². The standard InChI is InChI=1S/C13H22N4O5/c1-13(2,3)22-12(18)16-4-5-21-11(9-16)8-15-7-10(6-14)17(19)20/h6-7,11H,4-5,8-9,14H2,1-3H3/t11-/m1/s1. The molecule has 0 spiro atoms. The Balaban J connectivity index is 2.52. The van der Waals surface area contributed by atoms with Gasteiger partial charge in [0.05, 0.1) is 36.9 Å². The lowest BCUT2D eigenvalue weighted by Crippen LogP contribution is -2.48. The van der Waals surface area contributed by atoms with Crippen molar-refractivity contribution in [3.63, 3.8) is 0 Å². The number of carbonyl (C=O) groups is 1. The van der Waals surface area contributed by atoms with Gasteiger partial charge in [0.1, 0.15) is 11.8 Å². The molecule has 9 nitrogen and oxygen atoms in total. The first kappa shape index (κ1) is 17.9. The van der Waals surface area contributed by atoms with E-state index in [1.807, 2.05) is 0 Å². The molecule has 0 radical (unpaired) electrons. The molecule has 9 heteroatoms. The van der Waals surface area contributed by atoms with Gasteiger partial charge in [-0.15, -0.1) is 0 Å². The third kappa shape index (κ3) is 6.08. The minimum Gasteiger partial charge on any atom is -0.444 e. The number of hydrogen-bond acceptors (Lipinski definition) is 7. The summed E-state index contributed by atoms with van der Waals surface area (Å²) < 4.78 is 10.8. The lowest BCUT2D eigenvalue weighted by Gasteiger charge is -2.33. The summed E-state index contributed by atoms with van der Waals surface area (Å²) in [6.45, 7) is 6.73. The SMILES string of the molecule is CC(C)(C)OC(=O)N1CCO[C@H](CN=CC(=CN)[N+](=O)[O-])C1. The zero-order valence-corrected chi connectivity index (χ0v) is 13.0. The average Bonchev–Trinajstić information content (AvgIpc) is 2.41. The minimum absolute atomic E-state index is 0.199. The van der Waals surface area contributed by atoms with Crippen LogP contribution >= 0.6 is 0 Å². The fraction of sp³-hybridized carbons (Fsp3) is 0.692. The Kier molecular flexibility index (Phi) is 6.29. The van der Waals surface area contributed by atoms with Crippen molar-refractivity contribution in [2.45, 2.75) is 32.5 Å². The van der Waals surface area contributed by atoms with Gasteiger partial charge in [0.2, 0.25) is 0 Å². The molecule has 22 heavy (non-hydrogen) atoms. The van der Waals surface area contributed by atoms with Gasteiger partial charge in [0.15, 0.2) is 0 Å². The van der Waals surface area contributed by atoms with E-state index in [0.29, 0.717) is 19.7 Å². The average molecular weight is 314 g/mol. The number of amides is 1. The Morgan fingerprint density at radius 1 is 1.59 bits per heavy atom. The van der Waals surface area contributed by atoms with Crippen LogP contribution in [0.5, 0.6) is 0 Å². The molecule has 1 aliphatic rings. The van der Waals surface area contributed by atoms with E-state index in [0.717, 1.165) is 12.4 Å². The molecule has 1 saturated heterocycles. The second kappa shape index (κ2) is 7.74. The molecular weight excluding hydrogens is 292 g/mol. The van der Waals surface area contributed by atoms with Gasteiger partial charge < -0.3 is 20.1 Å². The molecule has 1 heterocycles. The lowest BCUT2D eigenvalue weighted by molar-refractivity contribution is -0.414. The van der Waals surface area contributed by atoms with Crippen molar-refractivity contribution in [3.05, 3.63) is 22.0 Å². The third-order valence-corrected chi connectivity index (χ3v) is 2.70. The van der Waals surface area contributed by atoms with Gasteiger partial charge in [-0.25, -0.2) is 4.79 Å². The van der Waals surface area contributed by atoms with Crippen molar-refractivity contribution in [1.82, 2.24) is 4.90 Å². The van der Waals surface area contributed by atoms with E-state index in [1.54, 1.807) is 25.7 Å². The monoisotopic (exact) mass is 314 g/mol. The van der Waals surface area contributed by atoms with Gasteiger partial charge >= 0.3 is 11.8 Å². The highest BCUT2D eigenvalue weighted by Gasteiger charge is 2.27. The molecule has 0 aliphatic carbocycles. The number of hydrogen-bond donors (Lipinski definition) is 1. The summed E-state index contributed by atoms with van der Waals surface area (Å²) in [6, 6.07) is 0. The van der Waals surface area contributed by atoms with Gasteiger partial charge in [0.25, 0.3) is 0 Å². The molecule has 0 unspecified atom stereocenters. The first-order chi connectivity index (χ1) is 10.2. The Hall–Kier alpha value is -2.16. The van der Waals surface area contributed by atoms with Crippen molar-refractivity contribution in [1.29, 1.82) is 0 Å². The quantitative estimate of drug-likeness (QED) is 0.465. The number of morpholine rings is 1. The molecule has 0 saturated carbocycles. The Morgan fingerprint density at radius 2 is 2.27 bits per heavy atom. The van der Waals surface area contributed by atoms with Crippen LogP contribution in [0.25, 0.3) is 0 Å². The Bertz CT molecular complexity index is 470. The predicted molar refractivity (Wildman–Crippen MR) is 80.2 cm³/mol. The molecular formula is C13H22N4O5. The summed E-state index contributed by atoms with van der Waals surface area (Å²) in [6.07, 6.45) is 1.22. The van der Waals surface area contributed by atoms with Crippen molar-refractivity contribution in [3.8, 4) is 0 Å². The first-order valence-corrected chi connectivity index (χ1v) is 6.88. The van der Waals surface area contributed by atoms with Crippen LogP contribution in [0.2, 0.25) is 0 Å². The van der Waals surface area contributed by atoms with Crippen molar-refractivity contribution >= 4 is 12.3 Å². The summed E-state index contributed by atoms with van der Waals surface area (Å²) >= 11 is 0. The summed E-state index contributed by atoms with van der Waals surface area (Å²) in [5.74, 6) is 0. The van der Waals surface area contributed by atoms with Crippen LogP contribution in [0.1, 0.15) is 20.8 Å². The minimum atomic E-state index is -0.627. The molecule has 1 rings (SSSR count). The van der Waals surface area contributed by atoms with E-state index in [4.69, 9.17) is 15.2 Å². The number of aliphatic imine (C=N–C) groups is 1. The predicted octanol–water partition coefficient (Wildman–Crippen LogP) is 0.770. The highest BCUT2D eigenvalue weighted by Crippen LogP contribution is 2.13. The number of ether oxygens (including phenoxy) is 2. The molecule has 0 bridgehead atoms. The largest absolute Gasteiger partial charge is 0.444 e. The van der Waals surface area contributed by atoms with Gasteiger partial charge in [0, 0.05) is 6.54 Å². The molecule has 0 aromatic rings. The smallest absolute Gasteiger partial charge is 0.410 e. The highest BCUT2D eigenvalue weighted by atomic mass is 16.6. The fourth-order valence-electron chi connectivity index (χ4n) is 1.74. The zero-order chi connectivity index (χ0) is 16.8. The van der Waals surface area contributed by atoms with E-state index >= 15 is 0 Å². The second-order valence-corrected chi connectivity index (χ2v) is 5.76. The molecule has 124 valence electrons. The lowest BCUT2D eigenvalue weighted by atomic mass is 10.2. The van der Waals surface area contributed by atoms with Crippen LogP contribution < -0.4 is 5.73 Å². The molecule has 1 fully saturated rings. The number of nitro groups is 1. The molecule has 1 amide bonds. The van der Waals surface area contributed by atoms with Gasteiger partial charge in [-0.3, -0.25) is 15.1 Å². The first-order valence-electron chi connectivity index (χ1n) is 6.88. The Morgan fingerprint density at radius 3 is 2.82 bits per heavy atom.